The first-order valence-electron chi connectivity index (χ1n) is 6.32. The van der Waals surface area contributed by atoms with Crippen LogP contribution in [0.15, 0.2) is 60.7 Å². The van der Waals surface area contributed by atoms with Gasteiger partial charge in [0, 0.05) is 10.9 Å². The molecule has 3 aromatic rings. The van der Waals surface area contributed by atoms with Gasteiger partial charge in [-0.05, 0) is 24.3 Å². The number of aromatic nitrogens is 1. The van der Waals surface area contributed by atoms with Crippen LogP contribution in [0.2, 0.25) is 0 Å². The van der Waals surface area contributed by atoms with Crippen LogP contribution in [0.25, 0.3) is 10.9 Å². The van der Waals surface area contributed by atoms with Crippen molar-refractivity contribution in [1.29, 1.82) is 0 Å². The first-order valence-corrected chi connectivity index (χ1v) is 6.32. The zero-order valence-electron chi connectivity index (χ0n) is 11.0. The highest BCUT2D eigenvalue weighted by atomic mass is 16.5. The van der Waals surface area contributed by atoms with Crippen molar-refractivity contribution in [3.05, 3.63) is 71.9 Å². The Hall–Kier alpha value is -2.68. The van der Waals surface area contributed by atoms with E-state index in [0.29, 0.717) is 11.3 Å². The molecule has 0 atom stereocenters. The van der Waals surface area contributed by atoms with Crippen molar-refractivity contribution in [2.24, 2.45) is 0 Å². The molecule has 0 radical (unpaired) electrons. The van der Waals surface area contributed by atoms with Gasteiger partial charge in [0.2, 0.25) is 5.78 Å². The minimum atomic E-state index is -0.0664. The number of benzene rings is 2. The molecule has 3 rings (SSSR count). The lowest BCUT2D eigenvalue weighted by molar-refractivity contribution is 0.103. The third-order valence-corrected chi connectivity index (χ3v) is 3.16. The first kappa shape index (κ1) is 12.4. The molecule has 1 aromatic heterocycles. The van der Waals surface area contributed by atoms with E-state index in [4.69, 9.17) is 4.74 Å². The summed E-state index contributed by atoms with van der Waals surface area (Å²) in [6.07, 6.45) is 0. The number of rotatable bonds is 3. The Balaban J connectivity index is 2.03. The van der Waals surface area contributed by atoms with E-state index in [0.717, 1.165) is 16.7 Å². The molecule has 1 heterocycles. The van der Waals surface area contributed by atoms with Crippen molar-refractivity contribution in [1.82, 2.24) is 4.98 Å². The summed E-state index contributed by atoms with van der Waals surface area (Å²) in [5.74, 6) is 0.713. The zero-order chi connectivity index (χ0) is 13.9. The molecule has 2 aromatic carbocycles. The number of ketones is 1. The molecule has 0 unspecified atom stereocenters. The van der Waals surface area contributed by atoms with Crippen LogP contribution < -0.4 is 4.74 Å². The van der Waals surface area contributed by atoms with Gasteiger partial charge >= 0.3 is 0 Å². The van der Waals surface area contributed by atoms with Gasteiger partial charge in [-0.25, -0.2) is 4.98 Å². The van der Waals surface area contributed by atoms with E-state index in [2.05, 4.69) is 4.98 Å². The Morgan fingerprint density at radius 1 is 1.00 bits per heavy atom. The number of nitrogens with zero attached hydrogens (tertiary/aromatic N) is 1. The van der Waals surface area contributed by atoms with Gasteiger partial charge in [-0.1, -0.05) is 36.4 Å². The minimum absolute atomic E-state index is 0.0664. The van der Waals surface area contributed by atoms with Crippen LogP contribution in [0.4, 0.5) is 0 Å². The molecule has 0 fully saturated rings. The van der Waals surface area contributed by atoms with Gasteiger partial charge in [-0.15, -0.1) is 0 Å². The Bertz CT molecular complexity index is 766. The van der Waals surface area contributed by atoms with Crippen LogP contribution in [0, 0.1) is 0 Å². The number of methoxy groups -OCH3 is 1. The predicted molar refractivity (Wildman–Crippen MR) is 78.2 cm³/mol. The monoisotopic (exact) mass is 263 g/mol. The number of ether oxygens (including phenoxy) is 1. The maximum absolute atomic E-state index is 12.3. The van der Waals surface area contributed by atoms with Crippen LogP contribution >= 0.6 is 0 Å². The van der Waals surface area contributed by atoms with Gasteiger partial charge in [0.25, 0.3) is 0 Å². The minimum Gasteiger partial charge on any atom is -0.497 e. The first-order chi connectivity index (χ1) is 9.78. The quantitative estimate of drug-likeness (QED) is 0.679. The molecule has 0 saturated heterocycles. The summed E-state index contributed by atoms with van der Waals surface area (Å²) in [6, 6.07) is 18.4. The molecule has 0 bridgehead atoms. The highest BCUT2D eigenvalue weighted by molar-refractivity contribution is 6.08. The standard InChI is InChI=1S/C17H13NO2/c1-20-14-8-10-15-13(11-14)7-9-16(18-15)17(19)12-5-3-2-4-6-12/h2-11H,1H3. The lowest BCUT2D eigenvalue weighted by Gasteiger charge is -2.04. The predicted octanol–water partition coefficient (Wildman–Crippen LogP) is 3.47. The van der Waals surface area contributed by atoms with E-state index in [1.165, 1.54) is 0 Å². The second kappa shape index (κ2) is 5.13. The van der Waals surface area contributed by atoms with E-state index in [-0.39, 0.29) is 5.78 Å². The van der Waals surface area contributed by atoms with Crippen molar-refractivity contribution < 1.29 is 9.53 Å². The summed E-state index contributed by atoms with van der Waals surface area (Å²) in [6.45, 7) is 0. The van der Waals surface area contributed by atoms with Crippen molar-refractivity contribution in [2.75, 3.05) is 7.11 Å². The van der Waals surface area contributed by atoms with E-state index < -0.39 is 0 Å². The third-order valence-electron chi connectivity index (χ3n) is 3.16. The average Bonchev–Trinajstić information content (AvgIpc) is 2.54. The Kier molecular flexibility index (Phi) is 3.17. The lowest BCUT2D eigenvalue weighted by Crippen LogP contribution is -2.03. The highest BCUT2D eigenvalue weighted by Gasteiger charge is 2.10. The van der Waals surface area contributed by atoms with E-state index in [1.54, 1.807) is 25.3 Å². The number of fused-ring (bicyclic) bond motifs is 1. The molecule has 0 spiro atoms. The lowest BCUT2D eigenvalue weighted by atomic mass is 10.1. The largest absolute Gasteiger partial charge is 0.497 e. The normalized spacial score (nSPS) is 10.4. The van der Waals surface area contributed by atoms with Crippen molar-refractivity contribution >= 4 is 16.7 Å². The summed E-state index contributed by atoms with van der Waals surface area (Å²) in [5.41, 5.74) is 1.88. The highest BCUT2D eigenvalue weighted by Crippen LogP contribution is 2.20. The smallest absolute Gasteiger partial charge is 0.211 e. The summed E-state index contributed by atoms with van der Waals surface area (Å²) in [7, 11) is 1.63. The molecule has 20 heavy (non-hydrogen) atoms. The van der Waals surface area contributed by atoms with Gasteiger partial charge in [-0.2, -0.15) is 0 Å². The molecular formula is C17H13NO2. The second-order valence-corrected chi connectivity index (χ2v) is 4.45. The number of carbonyl (C=O) groups is 1. The van der Waals surface area contributed by atoms with Crippen molar-refractivity contribution in [3.63, 3.8) is 0 Å². The molecule has 0 N–H and O–H groups in total. The van der Waals surface area contributed by atoms with Crippen molar-refractivity contribution in [2.45, 2.75) is 0 Å². The third kappa shape index (κ3) is 2.26. The van der Waals surface area contributed by atoms with Crippen LogP contribution in [-0.4, -0.2) is 17.9 Å². The molecule has 0 amide bonds. The van der Waals surface area contributed by atoms with Gasteiger partial charge in [0.15, 0.2) is 0 Å². The fourth-order valence-electron chi connectivity index (χ4n) is 2.09. The number of hydrogen-bond donors (Lipinski definition) is 0. The van der Waals surface area contributed by atoms with E-state index in [1.807, 2.05) is 42.5 Å². The zero-order valence-corrected chi connectivity index (χ0v) is 11.0. The summed E-state index contributed by atoms with van der Waals surface area (Å²) in [4.78, 5) is 16.7. The molecule has 3 nitrogen and oxygen atoms in total. The molecule has 3 heteroatoms. The topological polar surface area (TPSA) is 39.2 Å². The summed E-state index contributed by atoms with van der Waals surface area (Å²) in [5, 5.41) is 0.953. The fourth-order valence-corrected chi connectivity index (χ4v) is 2.09. The number of pyridine rings is 1. The van der Waals surface area contributed by atoms with Gasteiger partial charge in [-0.3, -0.25) is 4.79 Å². The van der Waals surface area contributed by atoms with Crippen molar-refractivity contribution in [3.8, 4) is 5.75 Å². The van der Waals surface area contributed by atoms with Crippen LogP contribution in [-0.2, 0) is 0 Å². The Morgan fingerprint density at radius 3 is 2.55 bits per heavy atom. The van der Waals surface area contributed by atoms with Gasteiger partial charge in [0.05, 0.1) is 12.6 Å². The number of carbonyl (C=O) groups excluding carboxylic acids is 1. The van der Waals surface area contributed by atoms with Crippen LogP contribution in [0.3, 0.4) is 0 Å². The summed E-state index contributed by atoms with van der Waals surface area (Å²) >= 11 is 0. The molecule has 0 aliphatic carbocycles. The average molecular weight is 263 g/mol. The fraction of sp³-hybridized carbons (Fsp3) is 0.0588. The Labute approximate surface area is 116 Å². The Morgan fingerprint density at radius 2 is 1.80 bits per heavy atom. The van der Waals surface area contributed by atoms with Crippen LogP contribution in [0.1, 0.15) is 16.1 Å². The van der Waals surface area contributed by atoms with Crippen LogP contribution in [0.5, 0.6) is 5.75 Å². The second-order valence-electron chi connectivity index (χ2n) is 4.45. The van der Waals surface area contributed by atoms with E-state index in [9.17, 15) is 4.79 Å². The molecular weight excluding hydrogens is 250 g/mol. The maximum Gasteiger partial charge on any atom is 0.211 e. The number of hydrogen-bond acceptors (Lipinski definition) is 3. The SMILES string of the molecule is COc1ccc2nc(C(=O)c3ccccc3)ccc2c1. The maximum atomic E-state index is 12.3. The molecule has 0 aliphatic rings. The summed E-state index contributed by atoms with van der Waals surface area (Å²) < 4.78 is 5.17. The molecule has 0 aliphatic heterocycles. The molecule has 0 saturated carbocycles. The molecule has 98 valence electrons. The van der Waals surface area contributed by atoms with E-state index >= 15 is 0 Å². The van der Waals surface area contributed by atoms with Gasteiger partial charge < -0.3 is 4.74 Å². The van der Waals surface area contributed by atoms with Gasteiger partial charge in [0.1, 0.15) is 11.4 Å².